The molecule has 3 aromatic rings. The molecule has 0 fully saturated rings. The van der Waals surface area contributed by atoms with Crippen LogP contribution < -0.4 is 4.90 Å². The molecule has 166 valence electrons. The van der Waals surface area contributed by atoms with Crippen LogP contribution in [0.5, 0.6) is 0 Å². The Morgan fingerprint density at radius 1 is 0.848 bits per heavy atom. The van der Waals surface area contributed by atoms with Crippen LogP contribution >= 0.6 is 45.8 Å². The Hall–Kier alpha value is -2.15. The Labute approximate surface area is 216 Å². The van der Waals surface area contributed by atoms with Gasteiger partial charge in [-0.15, -0.1) is 0 Å². The van der Waals surface area contributed by atoms with Gasteiger partial charge in [0.15, 0.2) is 5.78 Å². The predicted octanol–water partition coefficient (Wildman–Crippen LogP) is 7.52. The van der Waals surface area contributed by atoms with Gasteiger partial charge in [-0.3, -0.25) is 14.5 Å². The molecule has 0 bridgehead atoms. The van der Waals surface area contributed by atoms with Gasteiger partial charge in [-0.1, -0.05) is 59.6 Å². The molecule has 0 N–H and O–H groups in total. The van der Waals surface area contributed by atoms with Crippen molar-refractivity contribution in [2.45, 2.75) is 31.1 Å². The van der Waals surface area contributed by atoms with Crippen molar-refractivity contribution in [2.24, 2.45) is 0 Å². The lowest BCUT2D eigenvalue weighted by atomic mass is 9.72. The Morgan fingerprint density at radius 3 is 2.27 bits per heavy atom. The van der Waals surface area contributed by atoms with Crippen molar-refractivity contribution in [1.29, 1.82) is 0 Å². The number of allylic oxidation sites excluding steroid dienone is 2. The summed E-state index contributed by atoms with van der Waals surface area (Å²) in [6, 6.07) is 23.2. The summed E-state index contributed by atoms with van der Waals surface area (Å²) in [6.45, 7) is 0. The maximum absolute atomic E-state index is 13.6. The fourth-order valence-corrected chi connectivity index (χ4v) is 5.84. The summed E-state index contributed by atoms with van der Waals surface area (Å²) in [7, 11) is 0. The number of anilines is 1. The van der Waals surface area contributed by atoms with Gasteiger partial charge in [-0.05, 0) is 82.5 Å². The number of carbonyl (C=O) groups is 2. The molecule has 1 heterocycles. The van der Waals surface area contributed by atoms with Crippen LogP contribution in [-0.4, -0.2) is 11.7 Å². The van der Waals surface area contributed by atoms with Gasteiger partial charge in [0.2, 0.25) is 5.91 Å². The number of carbonyl (C=O) groups excluding carboxylic acids is 2. The number of nitrogens with zero attached hydrogens (tertiary/aromatic N) is 1. The molecule has 1 aliphatic carbocycles. The Bertz CT molecular complexity index is 1270. The molecule has 0 saturated carbocycles. The summed E-state index contributed by atoms with van der Waals surface area (Å²) >= 11 is 14.9. The molecule has 1 amide bonds. The van der Waals surface area contributed by atoms with Gasteiger partial charge in [0, 0.05) is 49.3 Å². The lowest BCUT2D eigenvalue weighted by Gasteiger charge is -2.40. The summed E-state index contributed by atoms with van der Waals surface area (Å²) < 4.78 is 1.09. The van der Waals surface area contributed by atoms with Crippen LogP contribution in [-0.2, 0) is 9.59 Å². The van der Waals surface area contributed by atoms with Crippen molar-refractivity contribution in [2.75, 3.05) is 4.90 Å². The molecule has 3 aromatic carbocycles. The van der Waals surface area contributed by atoms with E-state index >= 15 is 0 Å². The lowest BCUT2D eigenvalue weighted by Crippen LogP contribution is -2.41. The fraction of sp³-hybridized carbons (Fsp3) is 0.185. The second kappa shape index (κ2) is 9.24. The highest BCUT2D eigenvalue weighted by molar-refractivity contribution is 14.1. The summed E-state index contributed by atoms with van der Waals surface area (Å²) in [4.78, 5) is 29.0. The van der Waals surface area contributed by atoms with Crippen molar-refractivity contribution in [3.8, 4) is 0 Å². The number of hydrogen-bond acceptors (Lipinski definition) is 2. The lowest BCUT2D eigenvalue weighted by molar-refractivity contribution is -0.120. The summed E-state index contributed by atoms with van der Waals surface area (Å²) in [5.41, 5.74) is 4.16. The second-order valence-electron chi connectivity index (χ2n) is 8.43. The molecule has 0 spiro atoms. The van der Waals surface area contributed by atoms with Crippen molar-refractivity contribution < 1.29 is 9.59 Å². The summed E-state index contributed by atoms with van der Waals surface area (Å²) in [5.74, 6) is -0.311. The maximum atomic E-state index is 13.6. The normalized spacial score (nSPS) is 20.8. The Kier molecular flexibility index (Phi) is 6.34. The zero-order valence-electron chi connectivity index (χ0n) is 17.6. The van der Waals surface area contributed by atoms with Gasteiger partial charge < -0.3 is 0 Å². The Morgan fingerprint density at radius 2 is 1.58 bits per heavy atom. The second-order valence-corrected chi connectivity index (χ2v) is 10.5. The van der Waals surface area contributed by atoms with Gasteiger partial charge in [0.25, 0.3) is 0 Å². The van der Waals surface area contributed by atoms with E-state index in [2.05, 4.69) is 34.7 Å². The fourth-order valence-electron chi connectivity index (χ4n) is 4.94. The molecule has 0 radical (unpaired) electrons. The molecular weight excluding hydrogens is 568 g/mol. The number of hydrogen-bond donors (Lipinski definition) is 0. The molecular formula is C27H20Cl2INO2. The molecule has 1 aliphatic heterocycles. The highest BCUT2D eigenvalue weighted by Gasteiger charge is 2.42. The van der Waals surface area contributed by atoms with E-state index in [-0.39, 0.29) is 29.9 Å². The van der Waals surface area contributed by atoms with Gasteiger partial charge in [0.05, 0.1) is 0 Å². The van der Waals surface area contributed by atoms with Crippen LogP contribution in [0.3, 0.4) is 0 Å². The molecule has 2 atom stereocenters. The highest BCUT2D eigenvalue weighted by Crippen LogP contribution is 2.48. The number of halogens is 3. The minimum atomic E-state index is -0.374. The predicted molar refractivity (Wildman–Crippen MR) is 141 cm³/mol. The number of Topliss-reactive ketones (excluding diaryl/α,β-unsaturated/α-hetero) is 1. The van der Waals surface area contributed by atoms with E-state index in [9.17, 15) is 9.59 Å². The van der Waals surface area contributed by atoms with Crippen LogP contribution in [0, 0.1) is 3.57 Å². The molecule has 5 rings (SSSR count). The van der Waals surface area contributed by atoms with Crippen LogP contribution in [0.2, 0.25) is 10.0 Å². The molecule has 0 aromatic heterocycles. The molecule has 33 heavy (non-hydrogen) atoms. The average molecular weight is 588 g/mol. The van der Waals surface area contributed by atoms with Crippen LogP contribution in [0.1, 0.15) is 42.2 Å². The first-order chi connectivity index (χ1) is 15.9. The minimum absolute atomic E-state index is 0.0241. The minimum Gasteiger partial charge on any atom is -0.294 e. The van der Waals surface area contributed by atoms with Crippen molar-refractivity contribution in [3.05, 3.63) is 109 Å². The first kappa shape index (κ1) is 22.6. The van der Waals surface area contributed by atoms with E-state index in [0.717, 1.165) is 26.1 Å². The van der Waals surface area contributed by atoms with E-state index < -0.39 is 0 Å². The van der Waals surface area contributed by atoms with E-state index in [4.69, 9.17) is 23.2 Å². The van der Waals surface area contributed by atoms with Gasteiger partial charge >= 0.3 is 0 Å². The van der Waals surface area contributed by atoms with E-state index in [1.165, 1.54) is 0 Å². The third kappa shape index (κ3) is 4.36. The first-order valence-corrected chi connectivity index (χ1v) is 12.6. The zero-order chi connectivity index (χ0) is 23.1. The standard InChI is InChI=1S/C27H20Cl2INO2/c28-18-6-11-21(23(29)14-18)22-15-26(33)31(20-9-7-19(30)8-10-20)24-12-17(13-25(32)27(22)24)16-4-2-1-3-5-16/h1-11,14,17,22H,12-13,15H2. The Balaban J connectivity index is 1.67. The summed E-state index contributed by atoms with van der Waals surface area (Å²) in [6.07, 6.45) is 1.22. The SMILES string of the molecule is O=C1CC(c2ccccc2)CC2=C1C(c1ccc(Cl)cc1Cl)CC(=O)N2c1ccc(I)cc1. The third-order valence-electron chi connectivity index (χ3n) is 6.42. The van der Waals surface area contributed by atoms with Gasteiger partial charge in [0.1, 0.15) is 0 Å². The average Bonchev–Trinajstić information content (AvgIpc) is 2.80. The summed E-state index contributed by atoms with van der Waals surface area (Å²) in [5, 5.41) is 1.01. The largest absolute Gasteiger partial charge is 0.294 e. The van der Waals surface area contributed by atoms with E-state index in [1.807, 2.05) is 48.5 Å². The highest BCUT2D eigenvalue weighted by atomic mass is 127. The van der Waals surface area contributed by atoms with Gasteiger partial charge in [-0.25, -0.2) is 0 Å². The third-order valence-corrected chi connectivity index (χ3v) is 7.70. The topological polar surface area (TPSA) is 37.4 Å². The molecule has 2 unspecified atom stereocenters. The van der Waals surface area contributed by atoms with Crippen molar-refractivity contribution in [3.63, 3.8) is 0 Å². The zero-order valence-corrected chi connectivity index (χ0v) is 21.3. The first-order valence-electron chi connectivity index (χ1n) is 10.8. The maximum Gasteiger partial charge on any atom is 0.232 e. The van der Waals surface area contributed by atoms with Crippen LogP contribution in [0.4, 0.5) is 5.69 Å². The van der Waals surface area contributed by atoms with E-state index in [1.54, 1.807) is 17.0 Å². The monoisotopic (exact) mass is 587 g/mol. The van der Waals surface area contributed by atoms with Crippen molar-refractivity contribution in [1.82, 2.24) is 0 Å². The van der Waals surface area contributed by atoms with Gasteiger partial charge in [-0.2, -0.15) is 0 Å². The number of rotatable bonds is 3. The number of ketones is 1. The quantitative estimate of drug-likeness (QED) is 0.297. The van der Waals surface area contributed by atoms with Crippen LogP contribution in [0.25, 0.3) is 0 Å². The van der Waals surface area contributed by atoms with E-state index in [0.29, 0.717) is 28.5 Å². The van der Waals surface area contributed by atoms with Crippen LogP contribution in [0.15, 0.2) is 84.1 Å². The molecule has 6 heteroatoms. The molecule has 2 aliphatic rings. The smallest absolute Gasteiger partial charge is 0.232 e. The van der Waals surface area contributed by atoms with Crippen molar-refractivity contribution >= 4 is 63.2 Å². The number of amides is 1. The molecule has 0 saturated heterocycles. The molecule has 3 nitrogen and oxygen atoms in total. The number of benzene rings is 3.